The van der Waals surface area contributed by atoms with E-state index in [1.54, 1.807) is 0 Å². The van der Waals surface area contributed by atoms with Gasteiger partial charge in [-0.1, -0.05) is 18.0 Å². The highest BCUT2D eigenvalue weighted by molar-refractivity contribution is 6.31. The molecule has 0 radical (unpaired) electrons. The lowest BCUT2D eigenvalue weighted by Crippen LogP contribution is -2.29. The molecule has 2 aromatic rings. The van der Waals surface area contributed by atoms with Crippen LogP contribution in [0.2, 0.25) is 5.02 Å². The minimum absolute atomic E-state index is 0.343. The zero-order valence-corrected chi connectivity index (χ0v) is 10.6. The van der Waals surface area contributed by atoms with Crippen molar-refractivity contribution in [1.82, 2.24) is 5.32 Å². The first-order chi connectivity index (χ1) is 8.28. The van der Waals surface area contributed by atoms with Crippen molar-refractivity contribution >= 4 is 22.6 Å². The number of hydrogen-bond acceptors (Lipinski definition) is 2. The Labute approximate surface area is 106 Å². The first-order valence-electron chi connectivity index (χ1n) is 6.14. The third kappa shape index (κ3) is 1.96. The topological polar surface area (TPSA) is 25.2 Å². The monoisotopic (exact) mass is 249 g/mol. The zero-order valence-electron chi connectivity index (χ0n) is 9.87. The van der Waals surface area contributed by atoms with Crippen LogP contribution in [0.3, 0.4) is 0 Å². The summed E-state index contributed by atoms with van der Waals surface area (Å²) in [7, 11) is 2.00. The Morgan fingerprint density at radius 3 is 2.82 bits per heavy atom. The maximum absolute atomic E-state index is 5.99. The quantitative estimate of drug-likeness (QED) is 0.884. The molecule has 3 heteroatoms. The normalized spacial score (nSPS) is 18.2. The molecule has 3 rings (SSSR count). The fourth-order valence-corrected chi connectivity index (χ4v) is 2.75. The van der Waals surface area contributed by atoms with Crippen LogP contribution >= 0.6 is 11.6 Å². The van der Waals surface area contributed by atoms with Crippen LogP contribution in [-0.4, -0.2) is 7.05 Å². The van der Waals surface area contributed by atoms with Gasteiger partial charge < -0.3 is 9.73 Å². The second-order valence-corrected chi connectivity index (χ2v) is 5.22. The Bertz CT molecular complexity index is 530. The predicted molar refractivity (Wildman–Crippen MR) is 70.4 cm³/mol. The van der Waals surface area contributed by atoms with E-state index in [0.29, 0.717) is 6.04 Å². The average Bonchev–Trinajstić information content (AvgIpc) is 2.65. The van der Waals surface area contributed by atoms with Gasteiger partial charge in [-0.3, -0.25) is 0 Å². The fourth-order valence-electron chi connectivity index (χ4n) is 2.57. The summed E-state index contributed by atoms with van der Waals surface area (Å²) in [6.45, 7) is 0. The molecular formula is C14H16ClNO. The first-order valence-corrected chi connectivity index (χ1v) is 6.52. The molecule has 0 saturated heterocycles. The molecule has 0 aliphatic heterocycles. The molecular weight excluding hydrogens is 234 g/mol. The van der Waals surface area contributed by atoms with Crippen molar-refractivity contribution in [3.63, 3.8) is 0 Å². The van der Waals surface area contributed by atoms with E-state index in [1.807, 2.05) is 25.2 Å². The van der Waals surface area contributed by atoms with Crippen LogP contribution in [0, 0.1) is 5.92 Å². The van der Waals surface area contributed by atoms with Gasteiger partial charge in [0.25, 0.3) is 0 Å². The van der Waals surface area contributed by atoms with Gasteiger partial charge in [0.15, 0.2) is 0 Å². The molecule has 90 valence electrons. The second kappa shape index (κ2) is 4.35. The van der Waals surface area contributed by atoms with Gasteiger partial charge in [-0.05, 0) is 50.1 Å². The largest absolute Gasteiger partial charge is 0.459 e. The van der Waals surface area contributed by atoms with Gasteiger partial charge >= 0.3 is 0 Å². The minimum Gasteiger partial charge on any atom is -0.459 e. The molecule has 0 bridgehead atoms. The predicted octanol–water partition coefficient (Wildman–Crippen LogP) is 4.15. The highest BCUT2D eigenvalue weighted by Crippen LogP contribution is 2.39. The lowest BCUT2D eigenvalue weighted by atomic mass is 9.79. The highest BCUT2D eigenvalue weighted by atomic mass is 35.5. The van der Waals surface area contributed by atoms with Gasteiger partial charge in [0.2, 0.25) is 0 Å². The van der Waals surface area contributed by atoms with E-state index in [2.05, 4.69) is 11.4 Å². The van der Waals surface area contributed by atoms with Crippen LogP contribution < -0.4 is 5.32 Å². The molecule has 1 aliphatic carbocycles. The van der Waals surface area contributed by atoms with Crippen molar-refractivity contribution in [1.29, 1.82) is 0 Å². The van der Waals surface area contributed by atoms with Crippen molar-refractivity contribution in [2.75, 3.05) is 7.05 Å². The Morgan fingerprint density at radius 2 is 2.18 bits per heavy atom. The SMILES string of the molecule is CNC(c1cc2cc(Cl)ccc2o1)C1CCC1. The van der Waals surface area contributed by atoms with E-state index in [9.17, 15) is 0 Å². The van der Waals surface area contributed by atoms with Crippen LogP contribution in [0.25, 0.3) is 11.0 Å². The van der Waals surface area contributed by atoms with Gasteiger partial charge in [-0.15, -0.1) is 0 Å². The van der Waals surface area contributed by atoms with Gasteiger partial charge in [0.1, 0.15) is 11.3 Å². The summed E-state index contributed by atoms with van der Waals surface area (Å²) in [5.41, 5.74) is 0.920. The van der Waals surface area contributed by atoms with Gasteiger partial charge in [-0.2, -0.15) is 0 Å². The second-order valence-electron chi connectivity index (χ2n) is 4.79. The van der Waals surface area contributed by atoms with Crippen molar-refractivity contribution in [3.05, 3.63) is 35.0 Å². The summed E-state index contributed by atoms with van der Waals surface area (Å²) in [5.74, 6) is 1.76. The number of rotatable bonds is 3. The molecule has 1 aromatic carbocycles. The Kier molecular flexibility index (Phi) is 2.85. The molecule has 1 fully saturated rings. The molecule has 1 N–H and O–H groups in total. The number of nitrogens with one attached hydrogen (secondary N) is 1. The number of benzene rings is 1. The van der Waals surface area contributed by atoms with Crippen LogP contribution in [0.1, 0.15) is 31.1 Å². The van der Waals surface area contributed by atoms with Crippen LogP contribution in [0.15, 0.2) is 28.7 Å². The molecule has 1 atom stereocenters. The number of hydrogen-bond donors (Lipinski definition) is 1. The third-order valence-corrected chi connectivity index (χ3v) is 3.97. The van der Waals surface area contributed by atoms with Crippen LogP contribution in [0.5, 0.6) is 0 Å². The standard InChI is InChI=1S/C14H16ClNO/c1-16-14(9-3-2-4-9)13-8-10-7-11(15)5-6-12(10)17-13/h5-9,14,16H,2-4H2,1H3. The van der Waals surface area contributed by atoms with E-state index in [0.717, 1.165) is 27.7 Å². The van der Waals surface area contributed by atoms with Gasteiger partial charge in [0.05, 0.1) is 6.04 Å². The summed E-state index contributed by atoms with van der Waals surface area (Å²) in [6.07, 6.45) is 3.93. The molecule has 17 heavy (non-hydrogen) atoms. The molecule has 0 spiro atoms. The van der Waals surface area contributed by atoms with Gasteiger partial charge in [-0.25, -0.2) is 0 Å². The molecule has 1 unspecified atom stereocenters. The average molecular weight is 250 g/mol. The number of fused-ring (bicyclic) bond motifs is 1. The summed E-state index contributed by atoms with van der Waals surface area (Å²) >= 11 is 5.99. The Balaban J connectivity index is 1.98. The Hall–Kier alpha value is -0.990. The fraction of sp³-hybridized carbons (Fsp3) is 0.429. The van der Waals surface area contributed by atoms with Crippen molar-refractivity contribution < 1.29 is 4.42 Å². The highest BCUT2D eigenvalue weighted by Gasteiger charge is 2.29. The smallest absolute Gasteiger partial charge is 0.134 e. The van der Waals surface area contributed by atoms with Crippen molar-refractivity contribution in [3.8, 4) is 0 Å². The first kappa shape index (κ1) is 11.1. The molecule has 1 aliphatic rings. The van der Waals surface area contributed by atoms with E-state index in [-0.39, 0.29) is 0 Å². The lowest BCUT2D eigenvalue weighted by molar-refractivity contribution is 0.218. The van der Waals surface area contributed by atoms with Crippen molar-refractivity contribution in [2.24, 2.45) is 5.92 Å². The maximum Gasteiger partial charge on any atom is 0.134 e. The molecule has 1 heterocycles. The molecule has 1 aromatic heterocycles. The van der Waals surface area contributed by atoms with Crippen LogP contribution in [-0.2, 0) is 0 Å². The molecule has 2 nitrogen and oxygen atoms in total. The van der Waals surface area contributed by atoms with Crippen molar-refractivity contribution in [2.45, 2.75) is 25.3 Å². The van der Waals surface area contributed by atoms with E-state index in [4.69, 9.17) is 16.0 Å². The van der Waals surface area contributed by atoms with Gasteiger partial charge in [0, 0.05) is 10.4 Å². The number of furan rings is 1. The minimum atomic E-state index is 0.343. The van der Waals surface area contributed by atoms with E-state index >= 15 is 0 Å². The summed E-state index contributed by atoms with van der Waals surface area (Å²) in [4.78, 5) is 0. The summed E-state index contributed by atoms with van der Waals surface area (Å²) in [5, 5.41) is 5.22. The maximum atomic E-state index is 5.99. The number of halogens is 1. The van der Waals surface area contributed by atoms with E-state index in [1.165, 1.54) is 19.3 Å². The molecule has 1 saturated carbocycles. The van der Waals surface area contributed by atoms with Crippen LogP contribution in [0.4, 0.5) is 0 Å². The third-order valence-electron chi connectivity index (χ3n) is 3.74. The zero-order chi connectivity index (χ0) is 11.8. The Morgan fingerprint density at radius 1 is 1.35 bits per heavy atom. The summed E-state index contributed by atoms with van der Waals surface area (Å²) in [6, 6.07) is 8.22. The molecule has 0 amide bonds. The lowest BCUT2D eigenvalue weighted by Gasteiger charge is -2.32. The summed E-state index contributed by atoms with van der Waals surface area (Å²) < 4.78 is 5.91. The van der Waals surface area contributed by atoms with E-state index < -0.39 is 0 Å².